The highest BCUT2D eigenvalue weighted by atomic mass is 32.1. The van der Waals surface area contributed by atoms with Crippen LogP contribution in [0.4, 0.5) is 4.39 Å². The number of rotatable bonds is 6. The number of aromatic nitrogens is 1. The fourth-order valence-corrected chi connectivity index (χ4v) is 2.61. The number of halogens is 1. The van der Waals surface area contributed by atoms with Crippen molar-refractivity contribution in [2.75, 3.05) is 0 Å². The van der Waals surface area contributed by atoms with Gasteiger partial charge in [0.15, 0.2) is 0 Å². The second-order valence-electron chi connectivity index (χ2n) is 4.80. The highest BCUT2D eigenvalue weighted by Gasteiger charge is 2.20. The van der Waals surface area contributed by atoms with Gasteiger partial charge in [0.05, 0.1) is 5.69 Å². The number of benzene rings is 1. The van der Waals surface area contributed by atoms with E-state index < -0.39 is 17.9 Å². The number of carbonyl (C=O) groups excluding carboxylic acids is 1. The van der Waals surface area contributed by atoms with Gasteiger partial charge in [-0.3, -0.25) is 9.59 Å². The number of hydrogen-bond acceptors (Lipinski definition) is 5. The quantitative estimate of drug-likeness (QED) is 0.844. The van der Waals surface area contributed by atoms with E-state index >= 15 is 0 Å². The van der Waals surface area contributed by atoms with Gasteiger partial charge in [-0.05, 0) is 38.1 Å². The van der Waals surface area contributed by atoms with Crippen LogP contribution in [0, 0.1) is 12.7 Å². The topological polar surface area (TPSA) is 88.5 Å². The molecular weight excluding hydrogens is 323 g/mol. The average Bonchev–Trinajstić information content (AvgIpc) is 2.87. The molecule has 2 aromatic rings. The van der Waals surface area contributed by atoms with E-state index in [2.05, 4.69) is 10.3 Å². The summed E-state index contributed by atoms with van der Waals surface area (Å²) in [7, 11) is 0. The van der Waals surface area contributed by atoms with E-state index in [1.54, 1.807) is 6.92 Å². The highest BCUT2D eigenvalue weighted by molar-refractivity contribution is 7.13. The Labute approximate surface area is 135 Å². The molecule has 0 spiro atoms. The van der Waals surface area contributed by atoms with Crippen LogP contribution < -0.4 is 10.1 Å². The summed E-state index contributed by atoms with van der Waals surface area (Å²) in [5.41, 5.74) is 0.503. The SMILES string of the molecule is Cc1nc(COc2ccc(F)cc2)sc1C(=O)N[C@@H](C)C(=O)O. The van der Waals surface area contributed by atoms with Gasteiger partial charge < -0.3 is 15.2 Å². The monoisotopic (exact) mass is 338 g/mol. The third-order valence-corrected chi connectivity index (χ3v) is 4.07. The first-order chi connectivity index (χ1) is 10.9. The van der Waals surface area contributed by atoms with Crippen molar-refractivity contribution in [3.8, 4) is 5.75 Å². The molecule has 0 saturated heterocycles. The van der Waals surface area contributed by atoms with Crippen molar-refractivity contribution in [2.45, 2.75) is 26.5 Å². The van der Waals surface area contributed by atoms with Crippen molar-refractivity contribution >= 4 is 23.2 Å². The van der Waals surface area contributed by atoms with E-state index in [-0.39, 0.29) is 12.4 Å². The summed E-state index contributed by atoms with van der Waals surface area (Å²) >= 11 is 1.13. The van der Waals surface area contributed by atoms with Crippen LogP contribution in [0.5, 0.6) is 5.75 Å². The lowest BCUT2D eigenvalue weighted by Crippen LogP contribution is -2.38. The van der Waals surface area contributed by atoms with Crippen molar-refractivity contribution in [3.05, 3.63) is 45.7 Å². The fraction of sp³-hybridized carbons (Fsp3) is 0.267. The van der Waals surface area contributed by atoms with Crippen LogP contribution in [0.25, 0.3) is 0 Å². The molecule has 0 aliphatic heterocycles. The van der Waals surface area contributed by atoms with E-state index in [9.17, 15) is 14.0 Å². The molecule has 0 radical (unpaired) electrons. The molecule has 0 unspecified atom stereocenters. The molecule has 1 aromatic heterocycles. The summed E-state index contributed by atoms with van der Waals surface area (Å²) in [5.74, 6) is -1.46. The molecule has 6 nitrogen and oxygen atoms in total. The van der Waals surface area contributed by atoms with E-state index in [4.69, 9.17) is 9.84 Å². The van der Waals surface area contributed by atoms with Crippen molar-refractivity contribution in [1.82, 2.24) is 10.3 Å². The van der Waals surface area contributed by atoms with Gasteiger partial charge >= 0.3 is 5.97 Å². The third kappa shape index (κ3) is 4.49. The van der Waals surface area contributed by atoms with E-state index in [1.165, 1.54) is 31.2 Å². The van der Waals surface area contributed by atoms with Crippen LogP contribution in [-0.2, 0) is 11.4 Å². The smallest absolute Gasteiger partial charge is 0.325 e. The first-order valence-corrected chi connectivity index (χ1v) is 7.57. The van der Waals surface area contributed by atoms with Gasteiger partial charge in [-0.25, -0.2) is 9.37 Å². The molecule has 1 heterocycles. The minimum absolute atomic E-state index is 0.138. The number of amides is 1. The lowest BCUT2D eigenvalue weighted by molar-refractivity contribution is -0.138. The van der Waals surface area contributed by atoms with Gasteiger partial charge in [-0.2, -0.15) is 0 Å². The molecule has 1 aromatic carbocycles. The van der Waals surface area contributed by atoms with Gasteiger partial charge in [0.2, 0.25) is 0 Å². The Morgan fingerprint density at radius 2 is 2.04 bits per heavy atom. The summed E-state index contributed by atoms with van der Waals surface area (Å²) in [5, 5.41) is 11.8. The normalized spacial score (nSPS) is 11.8. The molecule has 23 heavy (non-hydrogen) atoms. The number of carboxylic acid groups (broad SMARTS) is 1. The summed E-state index contributed by atoms with van der Waals surface area (Å²) in [4.78, 5) is 27.4. The number of carbonyl (C=O) groups is 2. The maximum Gasteiger partial charge on any atom is 0.325 e. The molecule has 122 valence electrons. The Morgan fingerprint density at radius 1 is 1.39 bits per heavy atom. The molecule has 8 heteroatoms. The van der Waals surface area contributed by atoms with E-state index in [0.717, 1.165) is 11.3 Å². The summed E-state index contributed by atoms with van der Waals surface area (Å²) in [6.07, 6.45) is 0. The first-order valence-electron chi connectivity index (χ1n) is 6.75. The van der Waals surface area contributed by atoms with Gasteiger partial charge in [-0.15, -0.1) is 11.3 Å². The second-order valence-corrected chi connectivity index (χ2v) is 5.88. The van der Waals surface area contributed by atoms with Crippen molar-refractivity contribution in [3.63, 3.8) is 0 Å². The predicted molar refractivity (Wildman–Crippen MR) is 82.1 cm³/mol. The van der Waals surface area contributed by atoms with Crippen LogP contribution >= 0.6 is 11.3 Å². The number of hydrogen-bond donors (Lipinski definition) is 2. The maximum absolute atomic E-state index is 12.8. The van der Waals surface area contributed by atoms with Gasteiger partial charge in [-0.1, -0.05) is 0 Å². The first kappa shape index (κ1) is 16.9. The number of aliphatic carboxylic acids is 1. The molecule has 0 bridgehead atoms. The van der Waals surface area contributed by atoms with Crippen LogP contribution in [-0.4, -0.2) is 28.0 Å². The molecular formula is C15H15FN2O4S. The second kappa shape index (κ2) is 7.19. The van der Waals surface area contributed by atoms with Crippen LogP contribution in [0.15, 0.2) is 24.3 Å². The van der Waals surface area contributed by atoms with Crippen LogP contribution in [0.1, 0.15) is 27.3 Å². The number of aryl methyl sites for hydroxylation is 1. The molecule has 2 N–H and O–H groups in total. The summed E-state index contributed by atoms with van der Waals surface area (Å²) in [6.45, 7) is 3.19. The zero-order valence-corrected chi connectivity index (χ0v) is 13.3. The lowest BCUT2D eigenvalue weighted by Gasteiger charge is -2.07. The molecule has 1 amide bonds. The Balaban J connectivity index is 2.01. The number of nitrogens with zero attached hydrogens (tertiary/aromatic N) is 1. The van der Waals surface area contributed by atoms with Crippen molar-refractivity contribution in [1.29, 1.82) is 0 Å². The van der Waals surface area contributed by atoms with E-state index in [1.807, 2.05) is 0 Å². The minimum atomic E-state index is -1.11. The van der Waals surface area contributed by atoms with Gasteiger partial charge in [0.25, 0.3) is 5.91 Å². The fourth-order valence-electron chi connectivity index (χ4n) is 1.72. The lowest BCUT2D eigenvalue weighted by atomic mass is 10.3. The third-order valence-electron chi connectivity index (χ3n) is 2.94. The highest BCUT2D eigenvalue weighted by Crippen LogP contribution is 2.20. The Bertz CT molecular complexity index is 715. The minimum Gasteiger partial charge on any atom is -0.486 e. The molecule has 0 aliphatic rings. The standard InChI is InChI=1S/C15H15FN2O4S/c1-8-13(14(19)18-9(2)15(20)21)23-12(17-8)7-22-11-5-3-10(16)4-6-11/h3-6,9H,7H2,1-2H3,(H,18,19)(H,20,21)/t9-/m0/s1. The molecule has 1 atom stereocenters. The molecule has 2 rings (SSSR count). The van der Waals surface area contributed by atoms with Gasteiger partial charge in [0, 0.05) is 0 Å². The summed E-state index contributed by atoms with van der Waals surface area (Å²) < 4.78 is 18.3. The zero-order chi connectivity index (χ0) is 17.0. The van der Waals surface area contributed by atoms with Crippen LogP contribution in [0.2, 0.25) is 0 Å². The number of thiazole rings is 1. The van der Waals surface area contributed by atoms with Crippen molar-refractivity contribution < 1.29 is 23.8 Å². The number of nitrogens with one attached hydrogen (secondary N) is 1. The maximum atomic E-state index is 12.8. The Hall–Kier alpha value is -2.48. The Morgan fingerprint density at radius 3 is 2.65 bits per heavy atom. The zero-order valence-electron chi connectivity index (χ0n) is 12.5. The molecule has 0 saturated carbocycles. The Kier molecular flexibility index (Phi) is 5.28. The number of ether oxygens (including phenoxy) is 1. The van der Waals surface area contributed by atoms with E-state index in [0.29, 0.717) is 21.3 Å². The average molecular weight is 338 g/mol. The predicted octanol–water partition coefficient (Wildman–Crippen LogP) is 2.37. The molecule has 0 fully saturated rings. The van der Waals surface area contributed by atoms with Crippen LogP contribution in [0.3, 0.4) is 0 Å². The number of carboxylic acids is 1. The largest absolute Gasteiger partial charge is 0.486 e. The summed E-state index contributed by atoms with van der Waals surface area (Å²) in [6, 6.07) is 4.59. The van der Waals surface area contributed by atoms with Gasteiger partial charge in [0.1, 0.15) is 34.1 Å². The van der Waals surface area contributed by atoms with Crippen molar-refractivity contribution in [2.24, 2.45) is 0 Å². The molecule has 0 aliphatic carbocycles.